The van der Waals surface area contributed by atoms with Crippen LogP contribution in [0.1, 0.15) is 37.3 Å². The minimum Gasteiger partial charge on any atom is -0.464 e. The van der Waals surface area contributed by atoms with Crippen LogP contribution in [0.25, 0.3) is 0 Å². The largest absolute Gasteiger partial charge is 0.464 e. The summed E-state index contributed by atoms with van der Waals surface area (Å²) in [5.74, 6) is 0.158. The van der Waals surface area contributed by atoms with E-state index in [-0.39, 0.29) is 11.8 Å². The first-order chi connectivity index (χ1) is 9.67. The maximum Gasteiger partial charge on any atom is 0.331 e. The zero-order valence-corrected chi connectivity index (χ0v) is 11.7. The van der Waals surface area contributed by atoms with Crippen molar-refractivity contribution in [1.29, 1.82) is 0 Å². The Bertz CT molecular complexity index is 527. The van der Waals surface area contributed by atoms with E-state index in [9.17, 15) is 9.18 Å². The van der Waals surface area contributed by atoms with Crippen LogP contribution in [0.4, 0.5) is 4.39 Å². The van der Waals surface area contributed by atoms with Crippen molar-refractivity contribution in [3.8, 4) is 0 Å². The van der Waals surface area contributed by atoms with Crippen LogP contribution >= 0.6 is 0 Å². The molecule has 3 rings (SSSR count). The molecule has 1 unspecified atom stereocenters. The third kappa shape index (κ3) is 2.22. The van der Waals surface area contributed by atoms with Crippen molar-refractivity contribution in [3.05, 3.63) is 35.1 Å². The molecule has 1 aromatic rings. The number of benzene rings is 1. The van der Waals surface area contributed by atoms with Crippen LogP contribution in [0.2, 0.25) is 0 Å². The lowest BCUT2D eigenvalue weighted by Gasteiger charge is -2.29. The molecule has 20 heavy (non-hydrogen) atoms. The van der Waals surface area contributed by atoms with Gasteiger partial charge in [0, 0.05) is 0 Å². The van der Waals surface area contributed by atoms with Crippen molar-refractivity contribution in [1.82, 2.24) is 5.32 Å². The Balaban J connectivity index is 1.94. The molecule has 1 atom stereocenters. The van der Waals surface area contributed by atoms with Crippen molar-refractivity contribution in [2.24, 2.45) is 5.92 Å². The van der Waals surface area contributed by atoms with Gasteiger partial charge in [0.2, 0.25) is 0 Å². The molecule has 0 radical (unpaired) electrons. The Kier molecular flexibility index (Phi) is 3.50. The fourth-order valence-electron chi connectivity index (χ4n) is 3.02. The van der Waals surface area contributed by atoms with Crippen LogP contribution in [0.3, 0.4) is 0 Å². The standard InChI is InChI=1S/C16H20FNO2/c1-2-20-15(19)16(18-10-11-6-7-11)9-8-12-13(16)4-3-5-14(12)17/h3-5,11,18H,2,6-10H2,1H3. The second kappa shape index (κ2) is 5.17. The molecule has 1 saturated carbocycles. The second-order valence-corrected chi connectivity index (χ2v) is 5.72. The molecule has 108 valence electrons. The zero-order valence-electron chi connectivity index (χ0n) is 11.7. The number of esters is 1. The molecule has 1 N–H and O–H groups in total. The summed E-state index contributed by atoms with van der Waals surface area (Å²) in [5.41, 5.74) is 0.566. The van der Waals surface area contributed by atoms with E-state index in [0.29, 0.717) is 30.9 Å². The maximum atomic E-state index is 13.9. The molecule has 2 aliphatic carbocycles. The lowest BCUT2D eigenvalue weighted by atomic mass is 9.91. The van der Waals surface area contributed by atoms with Crippen LogP contribution in [-0.4, -0.2) is 19.1 Å². The molecule has 0 bridgehead atoms. The zero-order chi connectivity index (χ0) is 14.2. The molecule has 2 aliphatic rings. The fraction of sp³-hybridized carbons (Fsp3) is 0.562. The lowest BCUT2D eigenvalue weighted by molar-refractivity contribution is -0.151. The molecule has 1 aromatic carbocycles. The number of nitrogens with one attached hydrogen (secondary N) is 1. The summed E-state index contributed by atoms with van der Waals surface area (Å²) in [6.45, 7) is 2.94. The molecular formula is C16H20FNO2. The van der Waals surface area contributed by atoms with Gasteiger partial charge in [0.25, 0.3) is 0 Å². The van der Waals surface area contributed by atoms with Gasteiger partial charge in [0.15, 0.2) is 0 Å². The molecular weight excluding hydrogens is 257 g/mol. The summed E-state index contributed by atoms with van der Waals surface area (Å²) in [7, 11) is 0. The Morgan fingerprint density at radius 3 is 3.00 bits per heavy atom. The normalized spacial score (nSPS) is 24.5. The topological polar surface area (TPSA) is 38.3 Å². The summed E-state index contributed by atoms with van der Waals surface area (Å²) in [6.07, 6.45) is 3.58. The number of ether oxygens (including phenoxy) is 1. The first-order valence-electron chi connectivity index (χ1n) is 7.37. The van der Waals surface area contributed by atoms with E-state index in [2.05, 4.69) is 5.32 Å². The molecule has 0 aromatic heterocycles. The number of hydrogen-bond donors (Lipinski definition) is 1. The Hall–Kier alpha value is -1.42. The summed E-state index contributed by atoms with van der Waals surface area (Å²) in [4.78, 5) is 12.5. The minimum atomic E-state index is -0.851. The van der Waals surface area contributed by atoms with Crippen LogP contribution in [0, 0.1) is 11.7 Å². The summed E-state index contributed by atoms with van der Waals surface area (Å²) >= 11 is 0. The number of carbonyl (C=O) groups excluding carboxylic acids is 1. The van der Waals surface area contributed by atoms with E-state index >= 15 is 0 Å². The van der Waals surface area contributed by atoms with Crippen LogP contribution in [-0.2, 0) is 21.5 Å². The number of halogens is 1. The second-order valence-electron chi connectivity index (χ2n) is 5.72. The molecule has 1 fully saturated rings. The maximum absolute atomic E-state index is 13.9. The highest BCUT2D eigenvalue weighted by Gasteiger charge is 2.47. The monoisotopic (exact) mass is 277 g/mol. The highest BCUT2D eigenvalue weighted by molar-refractivity contribution is 5.84. The van der Waals surface area contributed by atoms with Gasteiger partial charge in [0.05, 0.1) is 6.61 Å². The van der Waals surface area contributed by atoms with Gasteiger partial charge in [-0.3, -0.25) is 5.32 Å². The van der Waals surface area contributed by atoms with Crippen molar-refractivity contribution in [3.63, 3.8) is 0 Å². The van der Waals surface area contributed by atoms with Gasteiger partial charge in [-0.15, -0.1) is 0 Å². The Labute approximate surface area is 118 Å². The predicted octanol–water partition coefficient (Wildman–Crippen LogP) is 2.53. The highest BCUT2D eigenvalue weighted by atomic mass is 19.1. The molecule has 0 heterocycles. The molecule has 0 aliphatic heterocycles. The van der Waals surface area contributed by atoms with Gasteiger partial charge in [-0.25, -0.2) is 9.18 Å². The summed E-state index contributed by atoms with van der Waals surface area (Å²) in [5, 5.41) is 3.38. The van der Waals surface area contributed by atoms with Crippen molar-refractivity contribution in [2.75, 3.05) is 13.2 Å². The van der Waals surface area contributed by atoms with E-state index in [0.717, 1.165) is 12.1 Å². The first-order valence-corrected chi connectivity index (χ1v) is 7.37. The Morgan fingerprint density at radius 2 is 2.30 bits per heavy atom. The third-order valence-electron chi connectivity index (χ3n) is 4.34. The minimum absolute atomic E-state index is 0.220. The number of hydrogen-bond acceptors (Lipinski definition) is 3. The molecule has 0 amide bonds. The van der Waals surface area contributed by atoms with Crippen molar-refractivity contribution < 1.29 is 13.9 Å². The lowest BCUT2D eigenvalue weighted by Crippen LogP contribution is -2.49. The van der Waals surface area contributed by atoms with Crippen LogP contribution in [0.5, 0.6) is 0 Å². The van der Waals surface area contributed by atoms with E-state index in [4.69, 9.17) is 4.74 Å². The quantitative estimate of drug-likeness (QED) is 0.841. The summed E-state index contributed by atoms with van der Waals surface area (Å²) in [6, 6.07) is 4.98. The molecule has 0 spiro atoms. The average molecular weight is 277 g/mol. The van der Waals surface area contributed by atoms with Gasteiger partial charge < -0.3 is 4.74 Å². The molecule has 4 heteroatoms. The smallest absolute Gasteiger partial charge is 0.331 e. The summed E-state index contributed by atoms with van der Waals surface area (Å²) < 4.78 is 19.2. The van der Waals surface area contributed by atoms with Crippen LogP contribution in [0.15, 0.2) is 18.2 Å². The molecule has 3 nitrogen and oxygen atoms in total. The van der Waals surface area contributed by atoms with Gasteiger partial charge in [-0.05, 0) is 62.3 Å². The molecule has 0 saturated heterocycles. The number of rotatable bonds is 5. The van der Waals surface area contributed by atoms with Crippen LogP contribution < -0.4 is 5.32 Å². The van der Waals surface area contributed by atoms with Gasteiger partial charge >= 0.3 is 5.97 Å². The fourth-order valence-corrected chi connectivity index (χ4v) is 3.02. The Morgan fingerprint density at radius 1 is 1.50 bits per heavy atom. The van der Waals surface area contributed by atoms with E-state index < -0.39 is 5.54 Å². The van der Waals surface area contributed by atoms with Gasteiger partial charge in [-0.2, -0.15) is 0 Å². The average Bonchev–Trinajstić information content (AvgIpc) is 3.18. The predicted molar refractivity (Wildman–Crippen MR) is 73.8 cm³/mol. The van der Waals surface area contributed by atoms with E-state index in [1.807, 2.05) is 6.07 Å². The number of fused-ring (bicyclic) bond motifs is 1. The van der Waals surface area contributed by atoms with E-state index in [1.54, 1.807) is 13.0 Å². The van der Waals surface area contributed by atoms with Crippen molar-refractivity contribution >= 4 is 5.97 Å². The third-order valence-corrected chi connectivity index (χ3v) is 4.34. The van der Waals surface area contributed by atoms with E-state index in [1.165, 1.54) is 18.9 Å². The van der Waals surface area contributed by atoms with Gasteiger partial charge in [0.1, 0.15) is 11.4 Å². The SMILES string of the molecule is CCOC(=O)C1(NCC2CC2)CCc2c(F)cccc21. The number of carbonyl (C=O) groups is 1. The first kappa shape index (κ1) is 13.6. The van der Waals surface area contributed by atoms with Crippen molar-refractivity contribution in [2.45, 2.75) is 38.1 Å². The van der Waals surface area contributed by atoms with Gasteiger partial charge in [-0.1, -0.05) is 12.1 Å². The highest BCUT2D eigenvalue weighted by Crippen LogP contribution is 2.40.